The number of nitrogens with zero attached hydrogens (tertiary/aromatic N) is 1. The first-order valence-corrected chi connectivity index (χ1v) is 9.24. The number of hydrogen-bond donors (Lipinski definition) is 3. The quantitative estimate of drug-likeness (QED) is 0.598. The number of furan rings is 2. The van der Waals surface area contributed by atoms with E-state index in [0.717, 1.165) is 11.3 Å². The molecular weight excluding hydrogens is 376 g/mol. The fourth-order valence-corrected chi connectivity index (χ4v) is 3.19. The monoisotopic (exact) mass is 398 g/mol. The summed E-state index contributed by atoms with van der Waals surface area (Å²) in [6.07, 6.45) is 2.16. The smallest absolute Gasteiger partial charge is 0.289 e. The van der Waals surface area contributed by atoms with Gasteiger partial charge in [-0.3, -0.25) is 9.59 Å². The second-order valence-electron chi connectivity index (χ2n) is 7.56. The first-order valence-electron chi connectivity index (χ1n) is 9.24. The van der Waals surface area contributed by atoms with E-state index in [0.29, 0.717) is 29.9 Å². The molecule has 0 spiro atoms. The van der Waals surface area contributed by atoms with Crippen LogP contribution in [-0.2, 0) is 29.1 Å². The number of carbonyl (C=O) groups is 2. The summed E-state index contributed by atoms with van der Waals surface area (Å²) in [6, 6.07) is 5.32. The third kappa shape index (κ3) is 3.95. The molecule has 29 heavy (non-hydrogen) atoms. The molecule has 4 heterocycles. The van der Waals surface area contributed by atoms with Gasteiger partial charge in [0.2, 0.25) is 17.4 Å². The number of ether oxygens (including phenoxy) is 1. The van der Waals surface area contributed by atoms with Crippen LogP contribution in [0, 0.1) is 0 Å². The Morgan fingerprint density at radius 3 is 2.90 bits per heavy atom. The maximum Gasteiger partial charge on any atom is 0.289 e. The van der Waals surface area contributed by atoms with Crippen molar-refractivity contribution < 1.29 is 23.2 Å². The number of anilines is 1. The third-order valence-electron chi connectivity index (χ3n) is 4.76. The summed E-state index contributed by atoms with van der Waals surface area (Å²) in [5, 5.41) is 5.70. The minimum Gasteiger partial charge on any atom is -0.467 e. The zero-order chi connectivity index (χ0) is 20.6. The highest BCUT2D eigenvalue weighted by Crippen LogP contribution is 2.33. The average Bonchev–Trinajstić information content (AvgIpc) is 3.30. The number of carbonyl (C=O) groups excluding carboxylic acids is 2. The number of aromatic nitrogens is 1. The van der Waals surface area contributed by atoms with Gasteiger partial charge in [0.15, 0.2) is 0 Å². The molecule has 1 aliphatic heterocycles. The lowest BCUT2D eigenvalue weighted by molar-refractivity contribution is -0.120. The van der Waals surface area contributed by atoms with Crippen molar-refractivity contribution in [2.45, 2.75) is 39.0 Å². The molecule has 3 aromatic heterocycles. The Morgan fingerprint density at radius 2 is 2.14 bits per heavy atom. The van der Waals surface area contributed by atoms with Crippen LogP contribution in [0.2, 0.25) is 0 Å². The number of rotatable bonds is 5. The number of pyridine rings is 1. The number of nitrogen functional groups attached to an aromatic ring is 1. The van der Waals surface area contributed by atoms with Gasteiger partial charge in [0, 0.05) is 12.0 Å². The number of amides is 2. The van der Waals surface area contributed by atoms with Crippen LogP contribution in [0.15, 0.2) is 33.3 Å². The maximum atomic E-state index is 12.5. The fourth-order valence-electron chi connectivity index (χ4n) is 3.19. The second kappa shape index (κ2) is 7.25. The summed E-state index contributed by atoms with van der Waals surface area (Å²) in [6.45, 7) is 4.43. The lowest BCUT2D eigenvalue weighted by Crippen LogP contribution is -2.36. The first kappa shape index (κ1) is 19.0. The van der Waals surface area contributed by atoms with Crippen LogP contribution in [0.25, 0.3) is 11.1 Å². The van der Waals surface area contributed by atoms with E-state index in [1.54, 1.807) is 12.1 Å². The molecule has 4 rings (SSSR count). The van der Waals surface area contributed by atoms with E-state index >= 15 is 0 Å². The van der Waals surface area contributed by atoms with Crippen LogP contribution in [-0.4, -0.2) is 28.9 Å². The van der Waals surface area contributed by atoms with Crippen molar-refractivity contribution >= 4 is 28.6 Å². The molecule has 0 unspecified atom stereocenters. The number of hydrogen-bond acceptors (Lipinski definition) is 7. The average molecular weight is 398 g/mol. The molecule has 0 atom stereocenters. The maximum absolute atomic E-state index is 12.5. The molecule has 0 radical (unpaired) electrons. The van der Waals surface area contributed by atoms with Crippen LogP contribution < -0.4 is 16.4 Å². The van der Waals surface area contributed by atoms with Gasteiger partial charge in [-0.1, -0.05) is 0 Å². The predicted octanol–water partition coefficient (Wildman–Crippen LogP) is 1.90. The first-order chi connectivity index (χ1) is 13.8. The molecule has 4 N–H and O–H groups in total. The Morgan fingerprint density at radius 1 is 1.31 bits per heavy atom. The van der Waals surface area contributed by atoms with Crippen molar-refractivity contribution in [3.8, 4) is 0 Å². The van der Waals surface area contributed by atoms with Crippen molar-refractivity contribution in [1.82, 2.24) is 15.6 Å². The van der Waals surface area contributed by atoms with E-state index < -0.39 is 5.91 Å². The van der Waals surface area contributed by atoms with Gasteiger partial charge < -0.3 is 29.9 Å². The van der Waals surface area contributed by atoms with E-state index in [-0.39, 0.29) is 36.0 Å². The van der Waals surface area contributed by atoms with Gasteiger partial charge in [-0.25, -0.2) is 4.98 Å². The highest BCUT2D eigenvalue weighted by molar-refractivity contribution is 6.05. The Bertz CT molecular complexity index is 1070. The Hall–Kier alpha value is -3.33. The molecule has 2 amide bonds. The summed E-state index contributed by atoms with van der Waals surface area (Å²) in [4.78, 5) is 28.9. The molecule has 0 aliphatic carbocycles. The van der Waals surface area contributed by atoms with Crippen LogP contribution >= 0.6 is 0 Å². The van der Waals surface area contributed by atoms with Gasteiger partial charge in [-0.15, -0.1) is 0 Å². The van der Waals surface area contributed by atoms with Gasteiger partial charge in [0.1, 0.15) is 5.76 Å². The fraction of sp³-hybridized carbons (Fsp3) is 0.350. The largest absolute Gasteiger partial charge is 0.467 e. The molecule has 3 aromatic rings. The Balaban J connectivity index is 1.45. The predicted molar refractivity (Wildman–Crippen MR) is 104 cm³/mol. The lowest BCUT2D eigenvalue weighted by Gasteiger charge is -2.30. The molecule has 0 saturated carbocycles. The Kier molecular flexibility index (Phi) is 4.75. The normalized spacial score (nSPS) is 15.1. The van der Waals surface area contributed by atoms with Crippen LogP contribution in [0.5, 0.6) is 0 Å². The van der Waals surface area contributed by atoms with E-state index in [4.69, 9.17) is 19.3 Å². The zero-order valence-corrected chi connectivity index (χ0v) is 16.2. The van der Waals surface area contributed by atoms with Crippen LogP contribution in [0.3, 0.4) is 0 Å². The number of nitrogens with two attached hydrogens (primary N) is 1. The van der Waals surface area contributed by atoms with Gasteiger partial charge in [0.05, 0.1) is 48.3 Å². The molecule has 1 aliphatic rings. The molecule has 0 bridgehead atoms. The van der Waals surface area contributed by atoms with Gasteiger partial charge in [-0.05, 0) is 32.0 Å². The summed E-state index contributed by atoms with van der Waals surface area (Å²) in [7, 11) is 0. The third-order valence-corrected chi connectivity index (χ3v) is 4.76. The van der Waals surface area contributed by atoms with Crippen LogP contribution in [0.1, 0.15) is 41.4 Å². The highest BCUT2D eigenvalue weighted by atomic mass is 16.5. The SMILES string of the molecule is CC1(C)Cc2nc3oc(C(=O)NCC(=O)NCc4ccco4)c(N)c3cc2CO1. The minimum absolute atomic E-state index is 0.0612. The summed E-state index contributed by atoms with van der Waals surface area (Å²) in [5.74, 6) is -0.386. The summed E-state index contributed by atoms with van der Waals surface area (Å²) in [5.41, 5.74) is 8.07. The standard InChI is InChI=1S/C20H22N4O5/c1-20(2)7-14-11(10-28-20)6-13-16(21)17(29-19(13)24-14)18(26)23-9-15(25)22-8-12-4-3-5-27-12/h3-6H,7-10,21H2,1-2H3,(H,22,25)(H,23,26). The topological polar surface area (TPSA) is 133 Å². The van der Waals surface area contributed by atoms with Crippen molar-refractivity contribution in [3.63, 3.8) is 0 Å². The van der Waals surface area contributed by atoms with E-state index in [9.17, 15) is 9.59 Å². The highest BCUT2D eigenvalue weighted by Gasteiger charge is 2.29. The van der Waals surface area contributed by atoms with Crippen molar-refractivity contribution in [2.24, 2.45) is 0 Å². The van der Waals surface area contributed by atoms with Gasteiger partial charge >= 0.3 is 0 Å². The number of nitrogens with one attached hydrogen (secondary N) is 2. The van der Waals surface area contributed by atoms with Crippen LogP contribution in [0.4, 0.5) is 5.69 Å². The molecule has 0 aromatic carbocycles. The number of fused-ring (bicyclic) bond motifs is 2. The second-order valence-corrected chi connectivity index (χ2v) is 7.56. The summed E-state index contributed by atoms with van der Waals surface area (Å²) >= 11 is 0. The molecular formula is C20H22N4O5. The van der Waals surface area contributed by atoms with E-state index in [2.05, 4.69) is 15.6 Å². The van der Waals surface area contributed by atoms with Crippen molar-refractivity contribution in [1.29, 1.82) is 0 Å². The molecule has 9 nitrogen and oxygen atoms in total. The van der Waals surface area contributed by atoms with Gasteiger partial charge in [-0.2, -0.15) is 0 Å². The van der Waals surface area contributed by atoms with Gasteiger partial charge in [0.25, 0.3) is 5.91 Å². The molecule has 152 valence electrons. The zero-order valence-electron chi connectivity index (χ0n) is 16.2. The Labute approximate surface area is 166 Å². The summed E-state index contributed by atoms with van der Waals surface area (Å²) < 4.78 is 16.6. The minimum atomic E-state index is -0.580. The van der Waals surface area contributed by atoms with E-state index in [1.165, 1.54) is 6.26 Å². The van der Waals surface area contributed by atoms with E-state index in [1.807, 2.05) is 19.9 Å². The van der Waals surface area contributed by atoms with Crippen molar-refractivity contribution in [2.75, 3.05) is 12.3 Å². The van der Waals surface area contributed by atoms with Crippen molar-refractivity contribution in [3.05, 3.63) is 47.2 Å². The molecule has 9 heteroatoms. The lowest BCUT2D eigenvalue weighted by atomic mass is 9.95. The molecule has 0 saturated heterocycles. The molecule has 0 fully saturated rings.